The molecule has 0 aliphatic carbocycles. The van der Waals surface area contributed by atoms with E-state index < -0.39 is 0 Å². The van der Waals surface area contributed by atoms with Gasteiger partial charge in [-0.2, -0.15) is 4.80 Å². The number of aryl methyl sites for hydroxylation is 2. The molecule has 0 aliphatic heterocycles. The van der Waals surface area contributed by atoms with Crippen molar-refractivity contribution in [1.82, 2.24) is 40.4 Å². The Hall–Kier alpha value is -1.68. The minimum absolute atomic E-state index is 0.560. The van der Waals surface area contributed by atoms with Gasteiger partial charge in [-0.3, -0.25) is 0 Å². The van der Waals surface area contributed by atoms with Crippen LogP contribution in [0.25, 0.3) is 22.8 Å². The lowest BCUT2D eigenvalue weighted by Gasteiger charge is -2.06. The van der Waals surface area contributed by atoms with Gasteiger partial charge in [-0.15, -0.1) is 15.3 Å². The summed E-state index contributed by atoms with van der Waals surface area (Å²) in [7, 11) is 0. The second-order valence-corrected chi connectivity index (χ2v) is 5.94. The fourth-order valence-corrected chi connectivity index (χ4v) is 2.68. The minimum atomic E-state index is 0.560. The zero-order chi connectivity index (χ0) is 15.4. The quantitative estimate of drug-likeness (QED) is 0.557. The monoisotopic (exact) mass is 426 g/mol. The zero-order valence-corrected chi connectivity index (χ0v) is 14.6. The lowest BCUT2D eigenvalue weighted by Crippen LogP contribution is -2.05. The van der Waals surface area contributed by atoms with Crippen LogP contribution < -0.4 is 0 Å². The lowest BCUT2D eigenvalue weighted by molar-refractivity contribution is 0.559. The lowest BCUT2D eigenvalue weighted by atomic mass is 10.1. The molecule has 8 nitrogen and oxygen atoms in total. The van der Waals surface area contributed by atoms with Crippen molar-refractivity contribution < 1.29 is 0 Å². The van der Waals surface area contributed by atoms with E-state index in [9.17, 15) is 0 Å². The van der Waals surface area contributed by atoms with E-state index in [1.807, 2.05) is 24.3 Å². The molecule has 0 fully saturated rings. The van der Waals surface area contributed by atoms with E-state index in [0.29, 0.717) is 24.7 Å². The molecular formula is C12H12Br2N8. The summed E-state index contributed by atoms with van der Waals surface area (Å²) >= 11 is 6.76. The summed E-state index contributed by atoms with van der Waals surface area (Å²) in [5, 5.41) is 26.0. The van der Waals surface area contributed by atoms with Crippen LogP contribution in [0.3, 0.4) is 0 Å². The molecule has 0 spiro atoms. The molecule has 0 radical (unpaired) electrons. The first-order valence-corrected chi connectivity index (χ1v) is 8.83. The van der Waals surface area contributed by atoms with Crippen LogP contribution in [0.5, 0.6) is 0 Å². The van der Waals surface area contributed by atoms with Crippen LogP contribution in [0, 0.1) is 0 Å². The van der Waals surface area contributed by atoms with Gasteiger partial charge in [-0.25, -0.2) is 4.68 Å². The summed E-state index contributed by atoms with van der Waals surface area (Å²) < 4.78 is 1.75. The molecule has 22 heavy (non-hydrogen) atoms. The topological polar surface area (TPSA) is 87.2 Å². The van der Waals surface area contributed by atoms with Gasteiger partial charge in [0.05, 0.1) is 13.1 Å². The molecule has 0 aliphatic rings. The fraction of sp³-hybridized carbons (Fsp3) is 0.333. The van der Waals surface area contributed by atoms with Crippen molar-refractivity contribution in [2.75, 3.05) is 10.7 Å². The molecular weight excluding hydrogens is 416 g/mol. The third-order valence-corrected chi connectivity index (χ3v) is 3.68. The highest BCUT2D eigenvalue weighted by atomic mass is 79.9. The first-order chi connectivity index (χ1) is 10.8. The molecule has 0 saturated heterocycles. The number of benzene rings is 1. The molecule has 0 amide bonds. The summed E-state index contributed by atoms with van der Waals surface area (Å²) in [6.07, 6.45) is 0. The van der Waals surface area contributed by atoms with Gasteiger partial charge in [0.25, 0.3) is 0 Å². The average Bonchev–Trinajstić information content (AvgIpc) is 3.17. The second-order valence-electron chi connectivity index (χ2n) is 4.36. The maximum atomic E-state index is 4.39. The highest BCUT2D eigenvalue weighted by Gasteiger charge is 2.16. The molecule has 114 valence electrons. The van der Waals surface area contributed by atoms with Crippen molar-refractivity contribution in [2.45, 2.75) is 13.1 Å². The Bertz CT molecular complexity index is 753. The van der Waals surface area contributed by atoms with Crippen LogP contribution in [0.15, 0.2) is 24.3 Å². The van der Waals surface area contributed by atoms with E-state index in [1.165, 1.54) is 0 Å². The summed E-state index contributed by atoms with van der Waals surface area (Å²) in [6, 6.07) is 7.77. The molecule has 2 heterocycles. The van der Waals surface area contributed by atoms with Gasteiger partial charge in [0.1, 0.15) is 0 Å². The Morgan fingerprint density at radius 1 is 0.909 bits per heavy atom. The van der Waals surface area contributed by atoms with Crippen LogP contribution in [-0.2, 0) is 13.1 Å². The molecule has 10 heteroatoms. The molecule has 1 aromatic carbocycles. The van der Waals surface area contributed by atoms with E-state index in [4.69, 9.17) is 0 Å². The fourth-order valence-electron chi connectivity index (χ4n) is 2.02. The Balaban J connectivity index is 2.04. The average molecular weight is 428 g/mol. The van der Waals surface area contributed by atoms with E-state index in [0.717, 1.165) is 21.8 Å². The Kier molecular flexibility index (Phi) is 4.88. The Morgan fingerprint density at radius 2 is 1.68 bits per heavy atom. The normalized spacial score (nSPS) is 11.0. The molecule has 0 N–H and O–H groups in total. The summed E-state index contributed by atoms with van der Waals surface area (Å²) in [5.74, 6) is 1.25. The van der Waals surface area contributed by atoms with Gasteiger partial charge < -0.3 is 0 Å². The number of halogens is 2. The second kappa shape index (κ2) is 7.05. The van der Waals surface area contributed by atoms with Gasteiger partial charge in [0.15, 0.2) is 5.82 Å². The molecule has 3 rings (SSSR count). The van der Waals surface area contributed by atoms with E-state index in [1.54, 1.807) is 9.48 Å². The van der Waals surface area contributed by atoms with Gasteiger partial charge in [0, 0.05) is 21.8 Å². The largest absolute Gasteiger partial charge is 0.225 e. The molecule has 0 saturated carbocycles. The number of hydrogen-bond donors (Lipinski definition) is 0. The van der Waals surface area contributed by atoms with E-state index >= 15 is 0 Å². The highest BCUT2D eigenvalue weighted by molar-refractivity contribution is 9.09. The van der Waals surface area contributed by atoms with Gasteiger partial charge >= 0.3 is 0 Å². The number of nitrogens with zero attached hydrogens (tertiary/aromatic N) is 8. The first kappa shape index (κ1) is 15.2. The Labute approximate surface area is 143 Å². The van der Waals surface area contributed by atoms with Crippen LogP contribution in [0.1, 0.15) is 0 Å². The van der Waals surface area contributed by atoms with Crippen molar-refractivity contribution in [2.24, 2.45) is 0 Å². The predicted octanol–water partition coefficient (Wildman–Crippen LogP) is 1.78. The van der Waals surface area contributed by atoms with Crippen LogP contribution in [0.2, 0.25) is 0 Å². The van der Waals surface area contributed by atoms with Gasteiger partial charge in [-0.05, 0) is 15.6 Å². The third kappa shape index (κ3) is 3.07. The maximum absolute atomic E-state index is 4.39. The van der Waals surface area contributed by atoms with Gasteiger partial charge in [0.2, 0.25) is 5.82 Å². The number of hydrogen-bond acceptors (Lipinski definition) is 6. The number of tetrazole rings is 2. The standard InChI is InChI=1S/C12H12Br2N8/c13-5-7-21-12(16-18-20-21)10-4-2-1-3-9(10)11-15-19-22(17-11)8-6-14/h1-4H,5-8H2. The van der Waals surface area contributed by atoms with Crippen molar-refractivity contribution in [3.8, 4) is 22.8 Å². The zero-order valence-electron chi connectivity index (χ0n) is 11.5. The van der Waals surface area contributed by atoms with Crippen molar-refractivity contribution in [3.05, 3.63) is 24.3 Å². The number of aromatic nitrogens is 8. The van der Waals surface area contributed by atoms with Crippen molar-refractivity contribution in [1.29, 1.82) is 0 Å². The van der Waals surface area contributed by atoms with Crippen LogP contribution in [0.4, 0.5) is 0 Å². The highest BCUT2D eigenvalue weighted by Crippen LogP contribution is 2.27. The van der Waals surface area contributed by atoms with E-state index in [-0.39, 0.29) is 0 Å². The number of alkyl halides is 2. The Morgan fingerprint density at radius 3 is 2.45 bits per heavy atom. The first-order valence-electron chi connectivity index (χ1n) is 6.59. The maximum Gasteiger partial charge on any atom is 0.205 e. The SMILES string of the molecule is BrCCn1nnc(-c2ccccc2-c2nnnn2CCBr)n1. The van der Waals surface area contributed by atoms with Crippen LogP contribution in [-0.4, -0.2) is 51.1 Å². The summed E-state index contributed by atoms with van der Waals surface area (Å²) in [5.41, 5.74) is 1.74. The van der Waals surface area contributed by atoms with Gasteiger partial charge in [-0.1, -0.05) is 56.1 Å². The van der Waals surface area contributed by atoms with Crippen molar-refractivity contribution >= 4 is 31.9 Å². The number of rotatable bonds is 6. The molecule has 0 atom stereocenters. The smallest absolute Gasteiger partial charge is 0.205 e. The molecule has 3 aromatic rings. The predicted molar refractivity (Wildman–Crippen MR) is 87.7 cm³/mol. The van der Waals surface area contributed by atoms with E-state index in [2.05, 4.69) is 62.8 Å². The summed E-state index contributed by atoms with van der Waals surface area (Å²) in [4.78, 5) is 1.56. The van der Waals surface area contributed by atoms with Crippen LogP contribution >= 0.6 is 31.9 Å². The minimum Gasteiger partial charge on any atom is -0.225 e. The third-order valence-electron chi connectivity index (χ3n) is 2.97. The summed E-state index contributed by atoms with van der Waals surface area (Å²) in [6.45, 7) is 1.34. The van der Waals surface area contributed by atoms with Crippen molar-refractivity contribution in [3.63, 3.8) is 0 Å². The molecule has 0 unspecified atom stereocenters. The molecule has 0 bridgehead atoms. The molecule has 2 aromatic heterocycles.